The summed E-state index contributed by atoms with van der Waals surface area (Å²) in [4.78, 5) is 3.12. The molecule has 0 atom stereocenters. The van der Waals surface area contributed by atoms with E-state index in [1.165, 1.54) is 11.1 Å². The Bertz CT molecular complexity index is 346. The molecule has 2 aliphatic rings. The van der Waals surface area contributed by atoms with Crippen LogP contribution >= 0.6 is 0 Å². The molecule has 0 amide bonds. The number of hydrogen-bond donors (Lipinski definition) is 1. The van der Waals surface area contributed by atoms with Crippen molar-refractivity contribution in [1.29, 1.82) is 0 Å². The lowest BCUT2D eigenvalue weighted by atomic mass is 9.90. The summed E-state index contributed by atoms with van der Waals surface area (Å²) in [5, 5.41) is 0. The SMILES string of the molecule is C1=COC2(CCc3c[nH]cc3C2)O1. The van der Waals surface area contributed by atoms with E-state index in [0.29, 0.717) is 0 Å². The highest BCUT2D eigenvalue weighted by molar-refractivity contribution is 5.28. The average Bonchev–Trinajstić information content (AvgIpc) is 2.74. The van der Waals surface area contributed by atoms with Crippen molar-refractivity contribution >= 4 is 0 Å². The fraction of sp³-hybridized carbons (Fsp3) is 0.400. The molecule has 1 spiro atoms. The molecule has 1 N–H and O–H groups in total. The Labute approximate surface area is 76.4 Å². The van der Waals surface area contributed by atoms with Crippen molar-refractivity contribution < 1.29 is 9.47 Å². The zero-order valence-electron chi connectivity index (χ0n) is 7.25. The summed E-state index contributed by atoms with van der Waals surface area (Å²) < 4.78 is 11.0. The van der Waals surface area contributed by atoms with E-state index in [4.69, 9.17) is 9.47 Å². The van der Waals surface area contributed by atoms with Crippen LogP contribution in [0.2, 0.25) is 0 Å². The summed E-state index contributed by atoms with van der Waals surface area (Å²) in [6, 6.07) is 0. The van der Waals surface area contributed by atoms with Gasteiger partial charge in [0.15, 0.2) is 0 Å². The first-order chi connectivity index (χ1) is 6.38. The second-order valence-corrected chi connectivity index (χ2v) is 3.60. The third-order valence-electron chi connectivity index (χ3n) is 2.78. The van der Waals surface area contributed by atoms with E-state index < -0.39 is 5.79 Å². The maximum absolute atomic E-state index is 5.49. The van der Waals surface area contributed by atoms with Gasteiger partial charge in [0.25, 0.3) is 5.79 Å². The minimum atomic E-state index is -0.394. The largest absolute Gasteiger partial charge is 0.456 e. The van der Waals surface area contributed by atoms with Crippen LogP contribution in [0.1, 0.15) is 17.5 Å². The van der Waals surface area contributed by atoms with Gasteiger partial charge < -0.3 is 14.5 Å². The molecule has 13 heavy (non-hydrogen) atoms. The fourth-order valence-electron chi connectivity index (χ4n) is 2.06. The Kier molecular flexibility index (Phi) is 1.26. The van der Waals surface area contributed by atoms with E-state index >= 15 is 0 Å². The molecule has 0 saturated carbocycles. The number of fused-ring (bicyclic) bond motifs is 1. The first-order valence-electron chi connectivity index (χ1n) is 4.53. The summed E-state index contributed by atoms with van der Waals surface area (Å²) in [5.41, 5.74) is 2.71. The minimum Gasteiger partial charge on any atom is -0.456 e. The lowest BCUT2D eigenvalue weighted by Gasteiger charge is -2.31. The predicted molar refractivity (Wildman–Crippen MR) is 46.9 cm³/mol. The molecule has 1 aliphatic carbocycles. The van der Waals surface area contributed by atoms with E-state index in [2.05, 4.69) is 11.2 Å². The van der Waals surface area contributed by atoms with Gasteiger partial charge in [-0.1, -0.05) is 0 Å². The third kappa shape index (κ3) is 0.963. The molecule has 0 aromatic carbocycles. The summed E-state index contributed by atoms with van der Waals surface area (Å²) >= 11 is 0. The van der Waals surface area contributed by atoms with E-state index in [1.54, 1.807) is 12.5 Å². The first-order valence-corrected chi connectivity index (χ1v) is 4.53. The van der Waals surface area contributed by atoms with Crippen LogP contribution in [0.15, 0.2) is 24.9 Å². The van der Waals surface area contributed by atoms with Crippen molar-refractivity contribution in [3.8, 4) is 0 Å². The molecule has 0 fully saturated rings. The Morgan fingerprint density at radius 3 is 2.77 bits per heavy atom. The molecule has 0 radical (unpaired) electrons. The number of nitrogens with one attached hydrogen (secondary N) is 1. The van der Waals surface area contributed by atoms with Crippen LogP contribution in [0.5, 0.6) is 0 Å². The van der Waals surface area contributed by atoms with Gasteiger partial charge in [0.1, 0.15) is 12.5 Å². The molecule has 1 aliphatic heterocycles. The van der Waals surface area contributed by atoms with Crippen molar-refractivity contribution in [3.05, 3.63) is 36.0 Å². The zero-order valence-corrected chi connectivity index (χ0v) is 7.25. The van der Waals surface area contributed by atoms with Gasteiger partial charge in [-0.25, -0.2) is 0 Å². The molecule has 1 aromatic rings. The maximum Gasteiger partial charge on any atom is 0.254 e. The van der Waals surface area contributed by atoms with Crippen molar-refractivity contribution in [2.75, 3.05) is 0 Å². The van der Waals surface area contributed by atoms with Gasteiger partial charge in [0.05, 0.1) is 6.42 Å². The van der Waals surface area contributed by atoms with Gasteiger partial charge in [-0.3, -0.25) is 0 Å². The van der Waals surface area contributed by atoms with Gasteiger partial charge in [0.2, 0.25) is 0 Å². The molecule has 0 bridgehead atoms. The minimum absolute atomic E-state index is 0.394. The highest BCUT2D eigenvalue weighted by Gasteiger charge is 2.39. The molecule has 3 nitrogen and oxygen atoms in total. The van der Waals surface area contributed by atoms with Crippen LogP contribution < -0.4 is 0 Å². The van der Waals surface area contributed by atoms with Crippen LogP contribution in [-0.2, 0) is 22.3 Å². The average molecular weight is 177 g/mol. The molecule has 1 aromatic heterocycles. The number of aromatic nitrogens is 1. The molecule has 0 saturated heterocycles. The number of aromatic amines is 1. The van der Waals surface area contributed by atoms with E-state index in [9.17, 15) is 0 Å². The Hall–Kier alpha value is -1.38. The Balaban J connectivity index is 1.92. The zero-order chi connectivity index (χ0) is 8.73. The van der Waals surface area contributed by atoms with Gasteiger partial charge >= 0.3 is 0 Å². The lowest BCUT2D eigenvalue weighted by Crippen LogP contribution is -2.36. The molecule has 3 rings (SSSR count). The summed E-state index contributed by atoms with van der Waals surface area (Å²) in [6.45, 7) is 0. The van der Waals surface area contributed by atoms with Crippen molar-refractivity contribution in [1.82, 2.24) is 4.98 Å². The van der Waals surface area contributed by atoms with E-state index in [0.717, 1.165) is 19.3 Å². The smallest absolute Gasteiger partial charge is 0.254 e. The summed E-state index contributed by atoms with van der Waals surface area (Å²) in [6.07, 6.45) is 10.2. The molecule has 68 valence electrons. The van der Waals surface area contributed by atoms with Gasteiger partial charge in [-0.15, -0.1) is 0 Å². The topological polar surface area (TPSA) is 34.2 Å². The molecular formula is C10H11NO2. The predicted octanol–water partition coefficient (Wildman–Crippen LogP) is 1.72. The van der Waals surface area contributed by atoms with Gasteiger partial charge in [0, 0.05) is 18.8 Å². The summed E-state index contributed by atoms with van der Waals surface area (Å²) in [7, 11) is 0. The van der Waals surface area contributed by atoms with Crippen LogP contribution in [0.25, 0.3) is 0 Å². The van der Waals surface area contributed by atoms with Crippen LogP contribution in [0.3, 0.4) is 0 Å². The highest BCUT2D eigenvalue weighted by atomic mass is 16.7. The number of hydrogen-bond acceptors (Lipinski definition) is 2. The fourth-order valence-corrected chi connectivity index (χ4v) is 2.06. The van der Waals surface area contributed by atoms with Crippen molar-refractivity contribution in [2.45, 2.75) is 25.0 Å². The number of aryl methyl sites for hydroxylation is 1. The van der Waals surface area contributed by atoms with Crippen LogP contribution in [-0.4, -0.2) is 10.8 Å². The first kappa shape index (κ1) is 7.06. The lowest BCUT2D eigenvalue weighted by molar-refractivity contribution is -0.148. The maximum atomic E-state index is 5.49. The highest BCUT2D eigenvalue weighted by Crippen LogP contribution is 2.35. The molecular weight excluding hydrogens is 166 g/mol. The van der Waals surface area contributed by atoms with E-state index in [1.807, 2.05) is 6.20 Å². The summed E-state index contributed by atoms with van der Waals surface area (Å²) in [5.74, 6) is -0.394. The van der Waals surface area contributed by atoms with Crippen molar-refractivity contribution in [3.63, 3.8) is 0 Å². The second-order valence-electron chi connectivity index (χ2n) is 3.60. The molecule has 2 heterocycles. The molecule has 0 unspecified atom stereocenters. The van der Waals surface area contributed by atoms with Crippen molar-refractivity contribution in [2.24, 2.45) is 0 Å². The number of H-pyrrole nitrogens is 1. The Morgan fingerprint density at radius 1 is 1.15 bits per heavy atom. The number of rotatable bonds is 0. The van der Waals surface area contributed by atoms with Gasteiger partial charge in [-0.05, 0) is 17.5 Å². The van der Waals surface area contributed by atoms with Crippen LogP contribution in [0.4, 0.5) is 0 Å². The standard InChI is InChI=1S/C10H11NO2/c1-2-10(12-3-4-13-10)5-9-7-11-6-8(1)9/h3-4,6-7,11H,1-2,5H2. The monoisotopic (exact) mass is 177 g/mol. The third-order valence-corrected chi connectivity index (χ3v) is 2.78. The van der Waals surface area contributed by atoms with Crippen LogP contribution in [0, 0.1) is 0 Å². The van der Waals surface area contributed by atoms with Gasteiger partial charge in [-0.2, -0.15) is 0 Å². The molecule has 3 heteroatoms. The Morgan fingerprint density at radius 2 is 1.92 bits per heavy atom. The second kappa shape index (κ2) is 2.31. The number of ether oxygens (including phenoxy) is 2. The normalized spacial score (nSPS) is 22.5. The quantitative estimate of drug-likeness (QED) is 0.654. The van der Waals surface area contributed by atoms with E-state index in [-0.39, 0.29) is 0 Å².